The Bertz CT molecular complexity index is 511. The molecule has 1 unspecified atom stereocenters. The average molecular weight is 231 g/mol. The summed E-state index contributed by atoms with van der Waals surface area (Å²) < 4.78 is 0. The number of rotatable bonds is 4. The fraction of sp³-hybridized carbons (Fsp3) is 0.286. The normalized spacial score (nSPS) is 12.6. The predicted octanol–water partition coefficient (Wildman–Crippen LogP) is 1.91. The summed E-state index contributed by atoms with van der Waals surface area (Å²) in [6.45, 7) is 2.21. The van der Waals surface area contributed by atoms with Crippen molar-refractivity contribution in [2.45, 2.75) is 13.0 Å². The maximum Gasteiger partial charge on any atom is 0.0942 e. The number of anilines is 1. The van der Waals surface area contributed by atoms with Crippen molar-refractivity contribution in [3.8, 4) is 0 Å². The zero-order chi connectivity index (χ0) is 12.3. The highest BCUT2D eigenvalue weighted by Gasteiger charge is 2.02. The number of benzene rings is 2. The largest absolute Gasteiger partial charge is 0.394 e. The molecule has 3 nitrogen and oxygen atoms in total. The molecule has 0 aliphatic carbocycles. The summed E-state index contributed by atoms with van der Waals surface area (Å²) in [6.07, 6.45) is -0.719. The molecule has 2 rings (SSSR count). The summed E-state index contributed by atoms with van der Waals surface area (Å²) in [6, 6.07) is 12.4. The van der Waals surface area contributed by atoms with Crippen LogP contribution in [-0.4, -0.2) is 29.5 Å². The smallest absolute Gasteiger partial charge is 0.0942 e. The fourth-order valence-corrected chi connectivity index (χ4v) is 1.78. The second-order valence-corrected chi connectivity index (χ2v) is 4.28. The molecule has 2 aromatic rings. The molecular weight excluding hydrogens is 214 g/mol. The number of aryl methyl sites for hydroxylation is 1. The summed E-state index contributed by atoms with van der Waals surface area (Å²) in [7, 11) is 0. The second-order valence-electron chi connectivity index (χ2n) is 4.28. The van der Waals surface area contributed by atoms with Gasteiger partial charge in [0.15, 0.2) is 0 Å². The van der Waals surface area contributed by atoms with Crippen LogP contribution < -0.4 is 5.32 Å². The van der Waals surface area contributed by atoms with E-state index in [1.807, 2.05) is 12.1 Å². The van der Waals surface area contributed by atoms with Gasteiger partial charge in [0.1, 0.15) is 0 Å². The van der Waals surface area contributed by atoms with E-state index < -0.39 is 6.10 Å². The first kappa shape index (κ1) is 11.9. The lowest BCUT2D eigenvalue weighted by atomic mass is 10.1. The molecule has 0 spiro atoms. The number of aliphatic hydroxyl groups excluding tert-OH is 2. The standard InChI is InChI=1S/C14H17NO2/c1-10-2-3-12-7-13(5-4-11(12)6-10)15-8-14(17)9-16/h2-7,14-17H,8-9H2,1H3. The molecule has 0 amide bonds. The van der Waals surface area contributed by atoms with E-state index in [-0.39, 0.29) is 6.61 Å². The van der Waals surface area contributed by atoms with Gasteiger partial charge in [-0.05, 0) is 29.8 Å². The number of aliphatic hydroxyl groups is 2. The minimum absolute atomic E-state index is 0.222. The molecule has 0 aliphatic heterocycles. The fourth-order valence-electron chi connectivity index (χ4n) is 1.78. The van der Waals surface area contributed by atoms with Gasteiger partial charge >= 0.3 is 0 Å². The predicted molar refractivity (Wildman–Crippen MR) is 70.3 cm³/mol. The molecule has 0 heterocycles. The monoisotopic (exact) mass is 231 g/mol. The van der Waals surface area contributed by atoms with Crippen LogP contribution in [0, 0.1) is 6.92 Å². The van der Waals surface area contributed by atoms with Gasteiger partial charge in [-0.15, -0.1) is 0 Å². The first-order valence-corrected chi connectivity index (χ1v) is 5.72. The highest BCUT2D eigenvalue weighted by Crippen LogP contribution is 2.20. The third kappa shape index (κ3) is 2.96. The average Bonchev–Trinajstić information content (AvgIpc) is 2.35. The van der Waals surface area contributed by atoms with Crippen molar-refractivity contribution in [2.75, 3.05) is 18.5 Å². The lowest BCUT2D eigenvalue weighted by Gasteiger charge is -2.11. The zero-order valence-electron chi connectivity index (χ0n) is 9.85. The number of fused-ring (bicyclic) bond motifs is 1. The van der Waals surface area contributed by atoms with Crippen LogP contribution >= 0.6 is 0 Å². The quantitative estimate of drug-likeness (QED) is 0.753. The number of nitrogens with one attached hydrogen (secondary N) is 1. The summed E-state index contributed by atoms with van der Waals surface area (Å²) in [5.41, 5.74) is 2.20. The Morgan fingerprint density at radius 1 is 1.12 bits per heavy atom. The minimum atomic E-state index is -0.719. The first-order valence-electron chi connectivity index (χ1n) is 5.72. The summed E-state index contributed by atoms with van der Waals surface area (Å²) in [5.74, 6) is 0. The van der Waals surface area contributed by atoms with Crippen molar-refractivity contribution in [3.63, 3.8) is 0 Å². The molecule has 90 valence electrons. The van der Waals surface area contributed by atoms with Crippen molar-refractivity contribution in [3.05, 3.63) is 42.0 Å². The summed E-state index contributed by atoms with van der Waals surface area (Å²) in [5, 5.41) is 23.4. The Morgan fingerprint density at radius 2 is 1.82 bits per heavy atom. The molecule has 0 bridgehead atoms. The van der Waals surface area contributed by atoms with Crippen LogP contribution in [0.15, 0.2) is 36.4 Å². The van der Waals surface area contributed by atoms with Crippen LogP contribution in [0.25, 0.3) is 10.8 Å². The lowest BCUT2D eigenvalue weighted by molar-refractivity contribution is 0.105. The minimum Gasteiger partial charge on any atom is -0.394 e. The van der Waals surface area contributed by atoms with Crippen LogP contribution in [0.5, 0.6) is 0 Å². The summed E-state index contributed by atoms with van der Waals surface area (Å²) >= 11 is 0. The Morgan fingerprint density at radius 3 is 2.59 bits per heavy atom. The van der Waals surface area contributed by atoms with Crippen LogP contribution in [0.1, 0.15) is 5.56 Å². The van der Waals surface area contributed by atoms with Crippen molar-refractivity contribution in [2.24, 2.45) is 0 Å². The number of hydrogen-bond donors (Lipinski definition) is 3. The van der Waals surface area contributed by atoms with Gasteiger partial charge in [-0.25, -0.2) is 0 Å². The molecule has 0 saturated carbocycles. The highest BCUT2D eigenvalue weighted by molar-refractivity contribution is 5.86. The van der Waals surface area contributed by atoms with E-state index in [0.29, 0.717) is 6.54 Å². The molecule has 3 heteroatoms. The molecule has 0 aliphatic rings. The molecule has 0 radical (unpaired) electrons. The highest BCUT2D eigenvalue weighted by atomic mass is 16.3. The van der Waals surface area contributed by atoms with Gasteiger partial charge in [0.25, 0.3) is 0 Å². The van der Waals surface area contributed by atoms with Gasteiger partial charge in [0.2, 0.25) is 0 Å². The van der Waals surface area contributed by atoms with E-state index in [2.05, 4.69) is 36.5 Å². The SMILES string of the molecule is Cc1ccc2cc(NCC(O)CO)ccc2c1. The number of hydrogen-bond acceptors (Lipinski definition) is 3. The van der Waals surface area contributed by atoms with Crippen LogP contribution in [0.2, 0.25) is 0 Å². The Balaban J connectivity index is 2.17. The van der Waals surface area contributed by atoms with E-state index in [4.69, 9.17) is 5.11 Å². The molecule has 3 N–H and O–H groups in total. The third-order valence-electron chi connectivity index (χ3n) is 2.75. The lowest BCUT2D eigenvalue weighted by Crippen LogP contribution is -2.22. The van der Waals surface area contributed by atoms with E-state index in [1.54, 1.807) is 0 Å². The van der Waals surface area contributed by atoms with Crippen molar-refractivity contribution in [1.82, 2.24) is 0 Å². The topological polar surface area (TPSA) is 52.5 Å². The molecule has 0 aromatic heterocycles. The first-order chi connectivity index (χ1) is 8.19. The van der Waals surface area contributed by atoms with Crippen molar-refractivity contribution < 1.29 is 10.2 Å². The van der Waals surface area contributed by atoms with Gasteiger partial charge in [-0.1, -0.05) is 29.8 Å². The van der Waals surface area contributed by atoms with Gasteiger partial charge in [-0.3, -0.25) is 0 Å². The van der Waals surface area contributed by atoms with E-state index in [0.717, 1.165) is 5.69 Å². The summed E-state index contributed by atoms with van der Waals surface area (Å²) in [4.78, 5) is 0. The molecule has 1 atom stereocenters. The van der Waals surface area contributed by atoms with Crippen LogP contribution in [-0.2, 0) is 0 Å². The molecule has 17 heavy (non-hydrogen) atoms. The van der Waals surface area contributed by atoms with E-state index >= 15 is 0 Å². The maximum atomic E-state index is 9.26. The van der Waals surface area contributed by atoms with Gasteiger partial charge in [0.05, 0.1) is 12.7 Å². The molecular formula is C14H17NO2. The zero-order valence-corrected chi connectivity index (χ0v) is 9.85. The Hall–Kier alpha value is -1.58. The Kier molecular flexibility index (Phi) is 3.61. The van der Waals surface area contributed by atoms with Gasteiger partial charge in [-0.2, -0.15) is 0 Å². The van der Waals surface area contributed by atoms with Crippen molar-refractivity contribution in [1.29, 1.82) is 0 Å². The van der Waals surface area contributed by atoms with Gasteiger partial charge < -0.3 is 15.5 Å². The third-order valence-corrected chi connectivity index (χ3v) is 2.75. The van der Waals surface area contributed by atoms with E-state index in [1.165, 1.54) is 16.3 Å². The molecule has 2 aromatic carbocycles. The second kappa shape index (κ2) is 5.17. The van der Waals surface area contributed by atoms with E-state index in [9.17, 15) is 5.11 Å². The molecule has 0 fully saturated rings. The Labute approximate surface area is 101 Å². The van der Waals surface area contributed by atoms with Gasteiger partial charge in [0, 0.05) is 12.2 Å². The van der Waals surface area contributed by atoms with Crippen LogP contribution in [0.3, 0.4) is 0 Å². The van der Waals surface area contributed by atoms with Crippen LogP contribution in [0.4, 0.5) is 5.69 Å². The molecule has 0 saturated heterocycles. The maximum absolute atomic E-state index is 9.26. The van der Waals surface area contributed by atoms with Crippen molar-refractivity contribution >= 4 is 16.5 Å².